The monoisotopic (exact) mass is 442 g/mol. The normalized spacial score (nSPS) is 23.2. The van der Waals surface area contributed by atoms with Crippen LogP contribution >= 0.6 is 11.6 Å². The second kappa shape index (κ2) is 9.02. The first-order valence-electron chi connectivity index (χ1n) is 10.00. The number of hydrogen-bond donors (Lipinski definition) is 0. The highest BCUT2D eigenvalue weighted by Crippen LogP contribution is 2.28. The fraction of sp³-hybridized carbons (Fsp3) is 0.600. The van der Waals surface area contributed by atoms with E-state index in [0.29, 0.717) is 13.1 Å². The van der Waals surface area contributed by atoms with E-state index in [2.05, 4.69) is 0 Å². The number of carbonyl (C=O) groups is 2. The number of rotatable bonds is 5. The van der Waals surface area contributed by atoms with Gasteiger partial charge in [0, 0.05) is 25.2 Å². The van der Waals surface area contributed by atoms with E-state index in [0.717, 1.165) is 32.1 Å². The van der Waals surface area contributed by atoms with Crippen molar-refractivity contribution < 1.29 is 22.7 Å². The standard InChI is InChI=1S/C20H27ClN2O5S/c1-14-6-5-7-15(2)23(14)19(24)13-28-20(25)16-8-9-17(21)18(12-16)29(26,27)22-10-3-4-11-22/h8-9,12,14-15H,3-7,10-11,13H2,1-2H3/t14-,15+. The first-order chi connectivity index (χ1) is 13.7. The summed E-state index contributed by atoms with van der Waals surface area (Å²) in [5, 5.41) is 0.0560. The number of nitrogens with zero attached hydrogens (tertiary/aromatic N) is 2. The summed E-state index contributed by atoms with van der Waals surface area (Å²) in [7, 11) is -3.77. The third-order valence-electron chi connectivity index (χ3n) is 5.66. The average Bonchev–Trinajstić information content (AvgIpc) is 3.22. The van der Waals surface area contributed by atoms with Crippen LogP contribution in [0, 0.1) is 0 Å². The first-order valence-corrected chi connectivity index (χ1v) is 11.8. The molecule has 2 aliphatic heterocycles. The molecule has 29 heavy (non-hydrogen) atoms. The molecule has 1 aromatic carbocycles. The molecule has 0 saturated carbocycles. The Hall–Kier alpha value is -1.64. The highest BCUT2D eigenvalue weighted by Gasteiger charge is 2.31. The summed E-state index contributed by atoms with van der Waals surface area (Å²) >= 11 is 6.11. The van der Waals surface area contributed by atoms with Gasteiger partial charge >= 0.3 is 5.97 Å². The number of likely N-dealkylation sites (tertiary alicyclic amines) is 1. The minimum absolute atomic E-state index is 0.0553. The zero-order valence-corrected chi connectivity index (χ0v) is 18.3. The molecule has 2 heterocycles. The second-order valence-corrected chi connectivity index (χ2v) is 10.1. The Morgan fingerprint density at radius 1 is 1.10 bits per heavy atom. The predicted octanol–water partition coefficient (Wildman–Crippen LogP) is 3.07. The van der Waals surface area contributed by atoms with Gasteiger partial charge in [0.15, 0.2) is 6.61 Å². The summed E-state index contributed by atoms with van der Waals surface area (Å²) < 4.78 is 32.2. The summed E-state index contributed by atoms with van der Waals surface area (Å²) in [5.41, 5.74) is 0.0553. The van der Waals surface area contributed by atoms with Gasteiger partial charge < -0.3 is 9.64 Å². The maximum absolute atomic E-state index is 12.8. The Kier molecular flexibility index (Phi) is 6.86. The van der Waals surface area contributed by atoms with Gasteiger partial charge in [0.25, 0.3) is 5.91 Å². The summed E-state index contributed by atoms with van der Waals surface area (Å²) in [6.07, 6.45) is 4.53. The van der Waals surface area contributed by atoms with Crippen molar-refractivity contribution in [3.63, 3.8) is 0 Å². The number of hydrogen-bond acceptors (Lipinski definition) is 5. The molecule has 0 aliphatic carbocycles. The lowest BCUT2D eigenvalue weighted by Gasteiger charge is -2.38. The van der Waals surface area contributed by atoms with E-state index in [-0.39, 0.29) is 40.1 Å². The molecular formula is C20H27ClN2O5S. The lowest BCUT2D eigenvalue weighted by atomic mass is 9.97. The van der Waals surface area contributed by atoms with E-state index in [1.54, 1.807) is 4.90 Å². The predicted molar refractivity (Wildman–Crippen MR) is 109 cm³/mol. The molecule has 2 fully saturated rings. The van der Waals surface area contributed by atoms with Gasteiger partial charge in [0.05, 0.1) is 10.6 Å². The Labute approximate surface area is 177 Å². The summed E-state index contributed by atoms with van der Waals surface area (Å²) in [6.45, 7) is 4.49. The van der Waals surface area contributed by atoms with Crippen LogP contribution in [0.2, 0.25) is 5.02 Å². The van der Waals surface area contributed by atoms with Crippen molar-refractivity contribution >= 4 is 33.5 Å². The SMILES string of the molecule is C[C@@H]1CCC[C@H](C)N1C(=O)COC(=O)c1ccc(Cl)c(S(=O)(=O)N2CCCC2)c1. The molecule has 0 unspecified atom stereocenters. The fourth-order valence-electron chi connectivity index (χ4n) is 4.09. The van der Waals surface area contributed by atoms with Gasteiger partial charge in [-0.3, -0.25) is 4.79 Å². The molecule has 2 saturated heterocycles. The van der Waals surface area contributed by atoms with E-state index in [4.69, 9.17) is 16.3 Å². The van der Waals surface area contributed by atoms with Crippen molar-refractivity contribution in [3.05, 3.63) is 28.8 Å². The summed E-state index contributed by atoms with van der Waals surface area (Å²) in [6, 6.07) is 4.23. The lowest BCUT2D eigenvalue weighted by Crippen LogP contribution is -2.49. The topological polar surface area (TPSA) is 84.0 Å². The van der Waals surface area contributed by atoms with E-state index < -0.39 is 16.0 Å². The van der Waals surface area contributed by atoms with Crippen molar-refractivity contribution in [3.8, 4) is 0 Å². The van der Waals surface area contributed by atoms with Crippen LogP contribution < -0.4 is 0 Å². The molecular weight excluding hydrogens is 416 g/mol. The smallest absolute Gasteiger partial charge is 0.338 e. The molecule has 0 bridgehead atoms. The highest BCUT2D eigenvalue weighted by atomic mass is 35.5. The van der Waals surface area contributed by atoms with E-state index in [1.807, 2.05) is 13.8 Å². The lowest BCUT2D eigenvalue weighted by molar-refractivity contribution is -0.140. The second-order valence-electron chi connectivity index (χ2n) is 7.76. The number of benzene rings is 1. The van der Waals surface area contributed by atoms with Gasteiger partial charge in [0.1, 0.15) is 4.90 Å². The molecule has 160 valence electrons. The Morgan fingerprint density at radius 2 is 1.72 bits per heavy atom. The van der Waals surface area contributed by atoms with Crippen molar-refractivity contribution in [2.24, 2.45) is 0 Å². The quantitative estimate of drug-likeness (QED) is 0.654. The number of halogens is 1. The van der Waals surface area contributed by atoms with Crippen LogP contribution in [0.4, 0.5) is 0 Å². The van der Waals surface area contributed by atoms with E-state index in [1.165, 1.54) is 22.5 Å². The van der Waals surface area contributed by atoms with Gasteiger partial charge in [-0.1, -0.05) is 11.6 Å². The number of carbonyl (C=O) groups excluding carboxylic acids is 2. The molecule has 7 nitrogen and oxygen atoms in total. The molecule has 2 aliphatic rings. The third-order valence-corrected chi connectivity index (χ3v) is 8.04. The molecule has 0 N–H and O–H groups in total. The number of sulfonamides is 1. The largest absolute Gasteiger partial charge is 0.452 e. The van der Waals surface area contributed by atoms with Crippen molar-refractivity contribution in [1.82, 2.24) is 9.21 Å². The maximum Gasteiger partial charge on any atom is 0.338 e. The third kappa shape index (κ3) is 4.75. The number of ether oxygens (including phenoxy) is 1. The number of piperidine rings is 1. The van der Waals surface area contributed by atoms with Crippen LogP contribution in [0.5, 0.6) is 0 Å². The number of esters is 1. The summed E-state index contributed by atoms with van der Waals surface area (Å²) in [5.74, 6) is -0.984. The highest BCUT2D eigenvalue weighted by molar-refractivity contribution is 7.89. The van der Waals surface area contributed by atoms with Gasteiger partial charge in [-0.15, -0.1) is 0 Å². The minimum atomic E-state index is -3.77. The molecule has 0 radical (unpaired) electrons. The molecule has 0 spiro atoms. The van der Waals surface area contributed by atoms with Gasteiger partial charge in [-0.2, -0.15) is 4.31 Å². The van der Waals surface area contributed by atoms with Crippen LogP contribution in [0.1, 0.15) is 56.3 Å². The van der Waals surface area contributed by atoms with Crippen LogP contribution in [-0.4, -0.2) is 61.3 Å². The van der Waals surface area contributed by atoms with E-state index >= 15 is 0 Å². The summed E-state index contributed by atoms with van der Waals surface area (Å²) in [4.78, 5) is 26.7. The van der Waals surface area contributed by atoms with Crippen LogP contribution in [0.25, 0.3) is 0 Å². The average molecular weight is 443 g/mol. The van der Waals surface area contributed by atoms with Crippen molar-refractivity contribution in [2.75, 3.05) is 19.7 Å². The van der Waals surface area contributed by atoms with Gasteiger partial charge in [-0.25, -0.2) is 13.2 Å². The van der Waals surface area contributed by atoms with E-state index in [9.17, 15) is 18.0 Å². The fourth-order valence-corrected chi connectivity index (χ4v) is 6.11. The Balaban J connectivity index is 1.70. The van der Waals surface area contributed by atoms with Gasteiger partial charge in [0.2, 0.25) is 10.0 Å². The molecule has 1 amide bonds. The maximum atomic E-state index is 12.8. The zero-order valence-electron chi connectivity index (χ0n) is 16.8. The molecule has 2 atom stereocenters. The molecule has 1 aromatic rings. The van der Waals surface area contributed by atoms with Crippen LogP contribution in [-0.2, 0) is 19.6 Å². The first kappa shape index (κ1) is 22.1. The number of amides is 1. The van der Waals surface area contributed by atoms with Crippen LogP contribution in [0.15, 0.2) is 23.1 Å². The van der Waals surface area contributed by atoms with Gasteiger partial charge in [-0.05, 0) is 64.2 Å². The van der Waals surface area contributed by atoms with Crippen LogP contribution in [0.3, 0.4) is 0 Å². The Bertz CT molecular complexity index is 873. The minimum Gasteiger partial charge on any atom is -0.452 e. The molecule has 9 heteroatoms. The van der Waals surface area contributed by atoms with Crippen molar-refractivity contribution in [1.29, 1.82) is 0 Å². The molecule has 3 rings (SSSR count). The zero-order chi connectivity index (χ0) is 21.2. The Morgan fingerprint density at radius 3 is 2.34 bits per heavy atom. The molecule has 0 aromatic heterocycles. The van der Waals surface area contributed by atoms with Crippen molar-refractivity contribution in [2.45, 2.75) is 62.9 Å².